The van der Waals surface area contributed by atoms with E-state index in [1.54, 1.807) is 25.1 Å². The number of rotatable bonds is 11. The van der Waals surface area contributed by atoms with Crippen LogP contribution in [0.25, 0.3) is 0 Å². The van der Waals surface area contributed by atoms with Crippen LogP contribution < -0.4 is 4.74 Å². The lowest BCUT2D eigenvalue weighted by molar-refractivity contribution is -0.135. The third-order valence-corrected chi connectivity index (χ3v) is 6.54. The topological polar surface area (TPSA) is 60.4 Å². The minimum atomic E-state index is -0.530. The Balaban J connectivity index is 2.17. The molecule has 5 heteroatoms. The van der Waals surface area contributed by atoms with Crippen molar-refractivity contribution in [3.8, 4) is 5.75 Å². The van der Waals surface area contributed by atoms with E-state index in [2.05, 4.69) is 34.3 Å². The van der Waals surface area contributed by atoms with Gasteiger partial charge in [-0.3, -0.25) is 9.59 Å². The molecule has 2 rings (SSSR count). The number of aldehydes is 1. The van der Waals surface area contributed by atoms with Crippen molar-refractivity contribution in [2.45, 2.75) is 64.2 Å². The molecule has 0 heterocycles. The van der Waals surface area contributed by atoms with E-state index in [1.165, 1.54) is 17.8 Å². The number of Topliss-reactive ketones (excluding diaryl/α,β-unsaturated/α-hetero) is 1. The lowest BCUT2D eigenvalue weighted by Crippen LogP contribution is -2.17. The first-order chi connectivity index (χ1) is 16.4. The molecule has 2 unspecified atom stereocenters. The van der Waals surface area contributed by atoms with Gasteiger partial charge in [0.15, 0.2) is 5.78 Å². The maximum Gasteiger partial charge on any atom is 0.311 e. The summed E-state index contributed by atoms with van der Waals surface area (Å²) in [5, 5.41) is 0. The van der Waals surface area contributed by atoms with Gasteiger partial charge in [0, 0.05) is 33.3 Å². The van der Waals surface area contributed by atoms with E-state index in [0.717, 1.165) is 28.1 Å². The van der Waals surface area contributed by atoms with Crippen LogP contribution in [0.5, 0.6) is 5.75 Å². The van der Waals surface area contributed by atoms with Crippen LogP contribution >= 0.6 is 11.8 Å². The molecule has 0 aliphatic carbocycles. The summed E-state index contributed by atoms with van der Waals surface area (Å²) in [7, 11) is 0. The van der Waals surface area contributed by atoms with Crippen LogP contribution in [0.2, 0.25) is 0 Å². The van der Waals surface area contributed by atoms with Crippen molar-refractivity contribution >= 4 is 29.8 Å². The van der Waals surface area contributed by atoms with E-state index in [1.807, 2.05) is 37.3 Å². The molecule has 0 saturated carbocycles. The first-order valence-corrected chi connectivity index (χ1v) is 12.7. The zero-order chi connectivity index (χ0) is 26.2. The lowest BCUT2D eigenvalue weighted by atomic mass is 9.84. The predicted molar refractivity (Wildman–Crippen MR) is 143 cm³/mol. The molecule has 0 aromatic heterocycles. The van der Waals surface area contributed by atoms with Crippen molar-refractivity contribution in [2.75, 3.05) is 0 Å². The van der Waals surface area contributed by atoms with Crippen LogP contribution in [0.3, 0.4) is 0 Å². The Kier molecular flexibility index (Phi) is 10.3. The molecule has 0 aliphatic heterocycles. The van der Waals surface area contributed by atoms with Crippen molar-refractivity contribution in [2.24, 2.45) is 17.3 Å². The third kappa shape index (κ3) is 8.66. The van der Waals surface area contributed by atoms with Gasteiger partial charge in [0.25, 0.3) is 0 Å². The van der Waals surface area contributed by atoms with E-state index < -0.39 is 5.92 Å². The number of ketones is 1. The largest absolute Gasteiger partial charge is 0.427 e. The minimum absolute atomic E-state index is 0.169. The zero-order valence-corrected chi connectivity index (χ0v) is 22.4. The van der Waals surface area contributed by atoms with E-state index in [-0.39, 0.29) is 23.1 Å². The molecule has 0 aliphatic rings. The highest BCUT2D eigenvalue weighted by Gasteiger charge is 2.23. The molecule has 0 saturated heterocycles. The molecule has 0 spiro atoms. The molecule has 0 fully saturated rings. The van der Waals surface area contributed by atoms with Crippen molar-refractivity contribution in [1.29, 1.82) is 0 Å². The van der Waals surface area contributed by atoms with E-state index in [4.69, 9.17) is 4.74 Å². The van der Waals surface area contributed by atoms with Crippen LogP contribution in [-0.4, -0.2) is 18.0 Å². The maximum atomic E-state index is 13.4. The number of hydrogen-bond acceptors (Lipinski definition) is 5. The van der Waals surface area contributed by atoms with Gasteiger partial charge in [0.2, 0.25) is 0 Å². The molecule has 0 bridgehead atoms. The molecular weight excluding hydrogens is 456 g/mol. The second kappa shape index (κ2) is 12.7. The molecule has 0 amide bonds. The first-order valence-electron chi connectivity index (χ1n) is 11.9. The normalized spacial score (nSPS) is 13.6. The molecule has 0 N–H and O–H groups in total. The number of benzene rings is 2. The van der Waals surface area contributed by atoms with Crippen molar-refractivity contribution in [3.05, 3.63) is 77.9 Å². The second-order valence-electron chi connectivity index (χ2n) is 10.2. The summed E-state index contributed by atoms with van der Waals surface area (Å²) in [5.74, 6) is -0.201. The molecule has 2 aromatic carbocycles. The maximum absolute atomic E-state index is 13.4. The van der Waals surface area contributed by atoms with Gasteiger partial charge in [0.1, 0.15) is 12.0 Å². The number of carbonyl (C=O) groups is 3. The van der Waals surface area contributed by atoms with Crippen molar-refractivity contribution in [1.82, 2.24) is 0 Å². The molecule has 186 valence electrons. The lowest BCUT2D eigenvalue weighted by Gasteiger charge is -2.22. The average molecular weight is 493 g/mol. The molecule has 2 aromatic rings. The fraction of sp³-hybridized carbons (Fsp3) is 0.367. The van der Waals surface area contributed by atoms with E-state index in [9.17, 15) is 14.4 Å². The summed E-state index contributed by atoms with van der Waals surface area (Å²) in [6, 6.07) is 13.0. The number of carbonyl (C=O) groups excluding carboxylic acids is 3. The smallest absolute Gasteiger partial charge is 0.311 e. The summed E-state index contributed by atoms with van der Waals surface area (Å²) in [6.07, 6.45) is 5.23. The van der Waals surface area contributed by atoms with Gasteiger partial charge in [-0.25, -0.2) is 0 Å². The van der Waals surface area contributed by atoms with Crippen LogP contribution in [0.1, 0.15) is 63.4 Å². The van der Waals surface area contributed by atoms with Gasteiger partial charge < -0.3 is 9.53 Å². The number of aryl methyl sites for hydroxylation is 1. The fourth-order valence-electron chi connectivity index (χ4n) is 4.07. The molecule has 35 heavy (non-hydrogen) atoms. The summed E-state index contributed by atoms with van der Waals surface area (Å²) in [4.78, 5) is 38.8. The summed E-state index contributed by atoms with van der Waals surface area (Å²) in [5.41, 5.74) is 1.99. The Morgan fingerprint density at radius 1 is 1.09 bits per heavy atom. The molecule has 0 radical (unpaired) electrons. The standard InChI is InChI=1S/C30H36O4S/c1-8-10-25(22(4)19-31)29(33)28-21(3)11-9-12-26(28)35-24-15-13-23(14-16-24)34-27(32)17-20(2)18-30(5,6)7/h8-16,19-20,22H,1,17-18H2,2-7H3/b25-10+. The van der Waals surface area contributed by atoms with Crippen LogP contribution in [0.4, 0.5) is 0 Å². The molecule has 2 atom stereocenters. The summed E-state index contributed by atoms with van der Waals surface area (Å²) in [6.45, 7) is 15.8. The van der Waals surface area contributed by atoms with Gasteiger partial charge in [0.05, 0.1) is 0 Å². The van der Waals surface area contributed by atoms with Gasteiger partial charge >= 0.3 is 5.97 Å². The SMILES string of the molecule is C=C/C=C(/C(=O)c1c(C)cccc1Sc1ccc(OC(=O)CC(C)CC(C)(C)C)cc1)C(C)C=O. The highest BCUT2D eigenvalue weighted by atomic mass is 32.2. The van der Waals surface area contributed by atoms with E-state index >= 15 is 0 Å². The Labute approximate surface area is 213 Å². The zero-order valence-electron chi connectivity index (χ0n) is 21.6. The monoisotopic (exact) mass is 492 g/mol. The number of esters is 1. The van der Waals surface area contributed by atoms with Gasteiger partial charge in [-0.15, -0.1) is 0 Å². The van der Waals surface area contributed by atoms with Crippen LogP contribution in [0, 0.1) is 24.2 Å². The Hall–Kier alpha value is -2.92. The highest BCUT2D eigenvalue weighted by molar-refractivity contribution is 7.99. The Bertz CT molecular complexity index is 1090. The number of allylic oxidation sites excluding steroid dienone is 3. The van der Waals surface area contributed by atoms with Crippen LogP contribution in [0.15, 0.2) is 76.6 Å². The Morgan fingerprint density at radius 2 is 1.74 bits per heavy atom. The van der Waals surface area contributed by atoms with Gasteiger partial charge in [-0.05, 0) is 60.6 Å². The highest BCUT2D eigenvalue weighted by Crippen LogP contribution is 2.35. The quantitative estimate of drug-likeness (QED) is 0.0805. The van der Waals surface area contributed by atoms with Crippen molar-refractivity contribution in [3.63, 3.8) is 0 Å². The molecule has 4 nitrogen and oxygen atoms in total. The molecular formula is C30H36O4S. The predicted octanol–water partition coefficient (Wildman–Crippen LogP) is 7.64. The summed E-state index contributed by atoms with van der Waals surface area (Å²) >= 11 is 1.45. The second-order valence-corrected chi connectivity index (χ2v) is 11.3. The van der Waals surface area contributed by atoms with Crippen LogP contribution in [-0.2, 0) is 9.59 Å². The summed E-state index contributed by atoms with van der Waals surface area (Å²) < 4.78 is 5.53. The number of hydrogen-bond donors (Lipinski definition) is 0. The average Bonchev–Trinajstić information content (AvgIpc) is 2.76. The Morgan fingerprint density at radius 3 is 2.31 bits per heavy atom. The third-order valence-electron chi connectivity index (χ3n) is 5.48. The van der Waals surface area contributed by atoms with Gasteiger partial charge in [-0.1, -0.05) is 77.2 Å². The fourth-order valence-corrected chi connectivity index (χ4v) is 5.10. The first kappa shape index (κ1) is 28.3. The van der Waals surface area contributed by atoms with Crippen molar-refractivity contribution < 1.29 is 19.1 Å². The minimum Gasteiger partial charge on any atom is -0.427 e. The number of ether oxygens (including phenoxy) is 1. The van der Waals surface area contributed by atoms with Gasteiger partial charge in [-0.2, -0.15) is 0 Å². The van der Waals surface area contributed by atoms with E-state index in [0.29, 0.717) is 23.3 Å².